The third kappa shape index (κ3) is 4.46. The number of phenolic OH excluding ortho intramolecular Hbond substituents is 1. The lowest BCUT2D eigenvalue weighted by atomic mass is 9.88. The van der Waals surface area contributed by atoms with Gasteiger partial charge in [0.05, 0.1) is 19.1 Å². The molecule has 0 amide bonds. The van der Waals surface area contributed by atoms with Crippen molar-refractivity contribution in [2.24, 2.45) is 5.92 Å². The van der Waals surface area contributed by atoms with Crippen molar-refractivity contribution in [2.75, 3.05) is 32.9 Å². The monoisotopic (exact) mass is 465 g/mol. The zero-order chi connectivity index (χ0) is 23.7. The molecule has 34 heavy (non-hydrogen) atoms. The van der Waals surface area contributed by atoms with Crippen LogP contribution in [0.3, 0.4) is 0 Å². The number of hydrogen-bond donors (Lipinski definition) is 1. The number of aromatic hydroxyl groups is 1. The van der Waals surface area contributed by atoms with E-state index < -0.39 is 6.10 Å². The fraction of sp³-hybridized carbons (Fsp3) is 0.308. The van der Waals surface area contributed by atoms with Gasteiger partial charge in [0.2, 0.25) is 5.88 Å². The van der Waals surface area contributed by atoms with Crippen LogP contribution < -0.4 is 9.47 Å². The molecule has 0 saturated carbocycles. The largest absolute Gasteiger partial charge is 0.508 e. The lowest BCUT2D eigenvalue weighted by molar-refractivity contribution is 0.0661. The number of allylic oxidation sites excluding steroid dienone is 1. The summed E-state index contributed by atoms with van der Waals surface area (Å²) in [7, 11) is 0. The third-order valence-electron chi connectivity index (χ3n) is 6.26. The molecule has 6 nitrogen and oxygen atoms in total. The van der Waals surface area contributed by atoms with E-state index in [1.54, 1.807) is 42.7 Å². The number of rotatable bonds is 7. The van der Waals surface area contributed by atoms with Crippen LogP contribution in [0.4, 0.5) is 8.78 Å². The standard InChI is InChI=1S/C26H25F2N3O3/c1-16-21-10-20(32)6-7-23(21)34-26(25(16)18-2-4-19(28)5-3-18)22-12-30-24(13-29-22)33-9-8-31-14-17(11-27)15-31/h2-7,10,12-13,17,26,32H,8-9,11,14-15H2,1H3. The van der Waals surface area contributed by atoms with Crippen LogP contribution in [0.5, 0.6) is 17.4 Å². The van der Waals surface area contributed by atoms with E-state index in [-0.39, 0.29) is 24.2 Å². The van der Waals surface area contributed by atoms with Crippen LogP contribution in [0.15, 0.2) is 54.9 Å². The first kappa shape index (κ1) is 22.3. The molecule has 2 aliphatic heterocycles. The van der Waals surface area contributed by atoms with Crippen LogP contribution in [0.1, 0.15) is 29.8 Å². The quantitative estimate of drug-likeness (QED) is 0.547. The minimum atomic E-state index is -0.567. The van der Waals surface area contributed by atoms with Gasteiger partial charge in [-0.15, -0.1) is 0 Å². The van der Waals surface area contributed by atoms with E-state index in [1.165, 1.54) is 12.1 Å². The van der Waals surface area contributed by atoms with Crippen molar-refractivity contribution in [3.05, 3.63) is 77.5 Å². The first-order valence-electron chi connectivity index (χ1n) is 11.2. The van der Waals surface area contributed by atoms with E-state index in [9.17, 15) is 13.9 Å². The van der Waals surface area contributed by atoms with E-state index in [4.69, 9.17) is 9.47 Å². The molecule has 0 aliphatic carbocycles. The normalized spacial score (nSPS) is 18.3. The van der Waals surface area contributed by atoms with Gasteiger partial charge < -0.3 is 14.6 Å². The number of halogens is 2. The van der Waals surface area contributed by atoms with Gasteiger partial charge in [-0.1, -0.05) is 12.1 Å². The number of likely N-dealkylation sites (tertiary alicyclic amines) is 1. The summed E-state index contributed by atoms with van der Waals surface area (Å²) in [5.74, 6) is 0.979. The highest BCUT2D eigenvalue weighted by molar-refractivity contribution is 5.95. The van der Waals surface area contributed by atoms with E-state index in [1.807, 2.05) is 6.92 Å². The fourth-order valence-electron chi connectivity index (χ4n) is 4.42. The van der Waals surface area contributed by atoms with Gasteiger partial charge in [0.1, 0.15) is 29.6 Å². The van der Waals surface area contributed by atoms with Gasteiger partial charge >= 0.3 is 0 Å². The molecule has 0 spiro atoms. The van der Waals surface area contributed by atoms with Crippen LogP contribution in [0.2, 0.25) is 0 Å². The highest BCUT2D eigenvalue weighted by atomic mass is 19.1. The molecular formula is C26H25F2N3O3. The average Bonchev–Trinajstić information content (AvgIpc) is 2.82. The topological polar surface area (TPSA) is 67.7 Å². The van der Waals surface area contributed by atoms with Gasteiger partial charge in [0.15, 0.2) is 6.10 Å². The Hall–Kier alpha value is -3.52. The van der Waals surface area contributed by atoms with E-state index >= 15 is 0 Å². The van der Waals surface area contributed by atoms with Crippen molar-refractivity contribution in [1.82, 2.24) is 14.9 Å². The average molecular weight is 466 g/mol. The summed E-state index contributed by atoms with van der Waals surface area (Å²) in [6.45, 7) is 4.37. The molecule has 5 rings (SSSR count). The van der Waals surface area contributed by atoms with Crippen molar-refractivity contribution in [1.29, 1.82) is 0 Å². The maximum atomic E-state index is 13.6. The van der Waals surface area contributed by atoms with Gasteiger partial charge in [-0.25, -0.2) is 14.4 Å². The van der Waals surface area contributed by atoms with Crippen molar-refractivity contribution in [3.63, 3.8) is 0 Å². The lowest BCUT2D eigenvalue weighted by Crippen LogP contribution is -2.49. The molecule has 0 radical (unpaired) electrons. The Labute approximate surface area is 196 Å². The summed E-state index contributed by atoms with van der Waals surface area (Å²) >= 11 is 0. The maximum Gasteiger partial charge on any atom is 0.232 e. The first-order valence-corrected chi connectivity index (χ1v) is 11.2. The lowest BCUT2D eigenvalue weighted by Gasteiger charge is -2.37. The number of phenols is 1. The van der Waals surface area contributed by atoms with Crippen LogP contribution in [-0.4, -0.2) is 52.9 Å². The Kier molecular flexibility index (Phi) is 6.15. The minimum Gasteiger partial charge on any atom is -0.508 e. The fourth-order valence-corrected chi connectivity index (χ4v) is 4.42. The summed E-state index contributed by atoms with van der Waals surface area (Å²) in [5, 5.41) is 9.98. The second-order valence-corrected chi connectivity index (χ2v) is 8.63. The molecule has 3 aromatic rings. The highest BCUT2D eigenvalue weighted by Crippen LogP contribution is 2.46. The predicted octanol–water partition coefficient (Wildman–Crippen LogP) is 4.67. The molecule has 3 heterocycles. The number of nitrogens with zero attached hydrogens (tertiary/aromatic N) is 3. The summed E-state index contributed by atoms with van der Waals surface area (Å²) in [6, 6.07) is 11.2. The summed E-state index contributed by atoms with van der Waals surface area (Å²) in [4.78, 5) is 11.1. The van der Waals surface area contributed by atoms with Gasteiger partial charge in [0.25, 0.3) is 0 Å². The Morgan fingerprint density at radius 1 is 1.12 bits per heavy atom. The van der Waals surface area contributed by atoms with Crippen LogP contribution >= 0.6 is 0 Å². The number of aromatic nitrogens is 2. The van der Waals surface area contributed by atoms with Crippen LogP contribution in [-0.2, 0) is 0 Å². The van der Waals surface area contributed by atoms with Gasteiger partial charge in [-0.3, -0.25) is 9.29 Å². The van der Waals surface area contributed by atoms with Crippen LogP contribution in [0.25, 0.3) is 11.1 Å². The molecule has 1 fully saturated rings. The Morgan fingerprint density at radius 3 is 2.62 bits per heavy atom. The van der Waals surface area contributed by atoms with Gasteiger partial charge in [0, 0.05) is 36.7 Å². The number of fused-ring (bicyclic) bond motifs is 1. The van der Waals surface area contributed by atoms with Crippen molar-refractivity contribution >= 4 is 11.1 Å². The minimum absolute atomic E-state index is 0.137. The molecule has 1 unspecified atom stereocenters. The van der Waals surface area contributed by atoms with Gasteiger partial charge in [-0.2, -0.15) is 0 Å². The van der Waals surface area contributed by atoms with E-state index in [0.29, 0.717) is 30.5 Å². The smallest absolute Gasteiger partial charge is 0.232 e. The van der Waals surface area contributed by atoms with Crippen molar-refractivity contribution in [3.8, 4) is 17.4 Å². The van der Waals surface area contributed by atoms with Crippen LogP contribution in [0, 0.1) is 11.7 Å². The zero-order valence-electron chi connectivity index (χ0n) is 18.7. The molecular weight excluding hydrogens is 440 g/mol. The predicted molar refractivity (Wildman–Crippen MR) is 124 cm³/mol. The molecule has 1 N–H and O–H groups in total. The number of hydrogen-bond acceptors (Lipinski definition) is 6. The second-order valence-electron chi connectivity index (χ2n) is 8.63. The Morgan fingerprint density at radius 2 is 1.91 bits per heavy atom. The molecule has 8 heteroatoms. The molecule has 2 aliphatic rings. The molecule has 0 bridgehead atoms. The maximum absolute atomic E-state index is 13.6. The molecule has 176 valence electrons. The SMILES string of the molecule is CC1=C(c2ccc(F)cc2)C(c2cnc(OCCN3CC(CF)C3)cn2)Oc2ccc(O)cc21. The number of benzene rings is 2. The Bertz CT molecular complexity index is 1190. The molecule has 1 saturated heterocycles. The van der Waals surface area contributed by atoms with Gasteiger partial charge in [-0.05, 0) is 48.4 Å². The van der Waals surface area contributed by atoms with E-state index in [0.717, 1.165) is 35.4 Å². The summed E-state index contributed by atoms with van der Waals surface area (Å²) < 4.78 is 38.1. The molecule has 2 aromatic carbocycles. The second kappa shape index (κ2) is 9.38. The highest BCUT2D eigenvalue weighted by Gasteiger charge is 2.31. The first-order chi connectivity index (χ1) is 16.5. The number of alkyl halides is 1. The molecule has 1 atom stereocenters. The van der Waals surface area contributed by atoms with E-state index in [2.05, 4.69) is 14.9 Å². The van der Waals surface area contributed by atoms with Crippen molar-refractivity contribution in [2.45, 2.75) is 13.0 Å². The zero-order valence-corrected chi connectivity index (χ0v) is 18.7. The van der Waals surface area contributed by atoms with Crippen molar-refractivity contribution < 1.29 is 23.4 Å². The summed E-state index contributed by atoms with van der Waals surface area (Å²) in [6.07, 6.45) is 2.61. The Balaban J connectivity index is 1.37. The third-order valence-corrected chi connectivity index (χ3v) is 6.26. The summed E-state index contributed by atoms with van der Waals surface area (Å²) in [5.41, 5.74) is 3.86. The molecule has 1 aromatic heterocycles. The number of ether oxygens (including phenoxy) is 2.